The van der Waals surface area contributed by atoms with Crippen LogP contribution in [-0.4, -0.2) is 24.3 Å². The lowest BCUT2D eigenvalue weighted by Crippen LogP contribution is -2.39. The Morgan fingerprint density at radius 2 is 1.77 bits per heavy atom. The summed E-state index contributed by atoms with van der Waals surface area (Å²) in [4.78, 5) is 23.8. The highest BCUT2D eigenvalue weighted by Crippen LogP contribution is 2.25. The molecule has 0 radical (unpaired) electrons. The van der Waals surface area contributed by atoms with E-state index in [9.17, 15) is 9.59 Å². The van der Waals surface area contributed by atoms with E-state index >= 15 is 0 Å². The molecule has 136 valence electrons. The van der Waals surface area contributed by atoms with Crippen molar-refractivity contribution in [3.05, 3.63) is 59.7 Å². The molecule has 6 heteroatoms. The normalized spacial score (nSPS) is 19.2. The lowest BCUT2D eigenvalue weighted by atomic mass is 10.0. The lowest BCUT2D eigenvalue weighted by Gasteiger charge is -2.11. The Morgan fingerprint density at radius 1 is 1.08 bits per heavy atom. The number of anilines is 1. The number of benzene rings is 2. The van der Waals surface area contributed by atoms with E-state index in [-0.39, 0.29) is 23.8 Å². The number of hydrogen-bond donors (Lipinski definition) is 3. The maximum Gasteiger partial charge on any atom is 0.242 e. The van der Waals surface area contributed by atoms with Gasteiger partial charge in [0.25, 0.3) is 0 Å². The number of Topliss-reactive ketones (excluding diaryl/α,β-unsaturated/α-hetero) is 1. The quantitative estimate of drug-likeness (QED) is 0.696. The molecule has 2 aromatic carbocycles. The van der Waals surface area contributed by atoms with Gasteiger partial charge in [0, 0.05) is 17.3 Å². The summed E-state index contributed by atoms with van der Waals surface area (Å²) in [7, 11) is 0. The smallest absolute Gasteiger partial charge is 0.242 e. The maximum absolute atomic E-state index is 12.4. The van der Waals surface area contributed by atoms with Crippen molar-refractivity contribution < 1.29 is 14.3 Å². The van der Waals surface area contributed by atoms with Crippen molar-refractivity contribution in [3.63, 3.8) is 0 Å². The van der Waals surface area contributed by atoms with Crippen molar-refractivity contribution in [2.75, 3.05) is 11.9 Å². The van der Waals surface area contributed by atoms with Crippen LogP contribution in [0.5, 0.6) is 5.75 Å². The molecule has 0 bridgehead atoms. The minimum Gasteiger partial charge on any atom is -0.494 e. The molecule has 0 saturated carbocycles. The third-order valence-electron chi connectivity index (χ3n) is 4.37. The van der Waals surface area contributed by atoms with E-state index < -0.39 is 0 Å². The van der Waals surface area contributed by atoms with Crippen molar-refractivity contribution in [1.29, 1.82) is 0 Å². The van der Waals surface area contributed by atoms with Crippen LogP contribution < -0.4 is 20.9 Å². The summed E-state index contributed by atoms with van der Waals surface area (Å²) in [5.74, 6) is 0.731. The lowest BCUT2D eigenvalue weighted by molar-refractivity contribution is -0.117. The van der Waals surface area contributed by atoms with Gasteiger partial charge in [-0.15, -0.1) is 0 Å². The fraction of sp³-hybridized carbons (Fsp3) is 0.300. The van der Waals surface area contributed by atoms with Gasteiger partial charge in [-0.25, -0.2) is 10.9 Å². The molecule has 2 atom stereocenters. The van der Waals surface area contributed by atoms with Gasteiger partial charge < -0.3 is 10.1 Å². The summed E-state index contributed by atoms with van der Waals surface area (Å²) in [6, 6.07) is 14.5. The first kappa shape index (κ1) is 18.1. The highest BCUT2D eigenvalue weighted by atomic mass is 16.5. The van der Waals surface area contributed by atoms with Crippen LogP contribution in [0.1, 0.15) is 42.2 Å². The molecule has 1 aliphatic heterocycles. The first-order valence-electron chi connectivity index (χ1n) is 8.72. The van der Waals surface area contributed by atoms with E-state index in [1.54, 1.807) is 24.3 Å². The first-order valence-corrected chi connectivity index (χ1v) is 8.72. The highest BCUT2D eigenvalue weighted by Gasteiger charge is 2.30. The van der Waals surface area contributed by atoms with Gasteiger partial charge in [0.1, 0.15) is 11.8 Å². The average Bonchev–Trinajstić information content (AvgIpc) is 3.13. The number of carbonyl (C=O) groups excluding carboxylic acids is 2. The molecule has 6 nitrogen and oxygen atoms in total. The zero-order chi connectivity index (χ0) is 18.5. The van der Waals surface area contributed by atoms with Gasteiger partial charge in [-0.05, 0) is 62.2 Å². The van der Waals surface area contributed by atoms with Gasteiger partial charge in [-0.1, -0.05) is 12.1 Å². The molecule has 1 heterocycles. The van der Waals surface area contributed by atoms with Gasteiger partial charge in [0.05, 0.1) is 6.61 Å². The number of ketones is 1. The Kier molecular flexibility index (Phi) is 5.65. The third kappa shape index (κ3) is 4.28. The van der Waals surface area contributed by atoms with E-state index in [2.05, 4.69) is 16.2 Å². The third-order valence-corrected chi connectivity index (χ3v) is 4.37. The SMILES string of the molecule is CCOc1ccc(C2CC(C(=O)Nc3ccc(C(C)=O)cc3)NN2)cc1. The van der Waals surface area contributed by atoms with E-state index in [0.717, 1.165) is 11.3 Å². The highest BCUT2D eigenvalue weighted by molar-refractivity contribution is 5.97. The largest absolute Gasteiger partial charge is 0.494 e. The van der Waals surface area contributed by atoms with Crippen molar-refractivity contribution in [2.24, 2.45) is 0 Å². The van der Waals surface area contributed by atoms with Crippen molar-refractivity contribution >= 4 is 17.4 Å². The minimum absolute atomic E-state index is 0.00253. The summed E-state index contributed by atoms with van der Waals surface area (Å²) in [6.07, 6.45) is 0.644. The van der Waals surface area contributed by atoms with Crippen LogP contribution in [0, 0.1) is 0 Å². The number of nitrogens with one attached hydrogen (secondary N) is 3. The van der Waals surface area contributed by atoms with E-state index in [4.69, 9.17) is 4.74 Å². The Labute approximate surface area is 152 Å². The Balaban J connectivity index is 1.57. The Bertz CT molecular complexity index is 772. The van der Waals surface area contributed by atoms with Crippen molar-refractivity contribution in [3.8, 4) is 5.75 Å². The molecule has 3 N–H and O–H groups in total. The summed E-state index contributed by atoms with van der Waals surface area (Å²) in [5, 5.41) is 2.88. The van der Waals surface area contributed by atoms with Crippen LogP contribution in [0.3, 0.4) is 0 Å². The molecule has 0 spiro atoms. The molecule has 0 aliphatic carbocycles. The standard InChI is InChI=1S/C20H23N3O3/c1-3-26-17-10-6-15(7-11-17)18-12-19(23-22-18)20(25)21-16-8-4-14(5-9-16)13(2)24/h4-11,18-19,22-23H,3,12H2,1-2H3,(H,21,25). The van der Waals surface area contributed by atoms with Crippen molar-refractivity contribution in [1.82, 2.24) is 10.9 Å². The van der Waals surface area contributed by atoms with Gasteiger partial charge >= 0.3 is 0 Å². The fourth-order valence-corrected chi connectivity index (χ4v) is 2.93. The first-order chi connectivity index (χ1) is 12.6. The molecule has 1 amide bonds. The number of carbonyl (C=O) groups is 2. The molecule has 1 saturated heterocycles. The number of rotatable bonds is 6. The molecular weight excluding hydrogens is 330 g/mol. The van der Waals surface area contributed by atoms with E-state index in [0.29, 0.717) is 24.3 Å². The van der Waals surface area contributed by atoms with E-state index in [1.165, 1.54) is 6.92 Å². The second-order valence-corrected chi connectivity index (χ2v) is 6.25. The van der Waals surface area contributed by atoms with Gasteiger partial charge in [-0.2, -0.15) is 0 Å². The fourth-order valence-electron chi connectivity index (χ4n) is 2.93. The number of hydrogen-bond acceptors (Lipinski definition) is 5. The van der Waals surface area contributed by atoms with Crippen LogP contribution in [-0.2, 0) is 4.79 Å². The number of hydrazine groups is 1. The Hall–Kier alpha value is -2.70. The van der Waals surface area contributed by atoms with Gasteiger partial charge in [0.15, 0.2) is 5.78 Å². The average molecular weight is 353 g/mol. The second-order valence-electron chi connectivity index (χ2n) is 6.25. The molecule has 0 aromatic heterocycles. The molecule has 3 rings (SSSR count). The molecule has 26 heavy (non-hydrogen) atoms. The van der Waals surface area contributed by atoms with Gasteiger partial charge in [-0.3, -0.25) is 9.59 Å². The maximum atomic E-state index is 12.4. The minimum atomic E-state index is -0.334. The number of ether oxygens (including phenoxy) is 1. The predicted octanol–water partition coefficient (Wildman–Crippen LogP) is 2.83. The zero-order valence-electron chi connectivity index (χ0n) is 14.9. The predicted molar refractivity (Wildman–Crippen MR) is 100 cm³/mol. The summed E-state index contributed by atoms with van der Waals surface area (Å²) in [5.41, 5.74) is 8.61. The van der Waals surface area contributed by atoms with E-state index in [1.807, 2.05) is 31.2 Å². The summed E-state index contributed by atoms with van der Waals surface area (Å²) in [6.45, 7) is 4.11. The Morgan fingerprint density at radius 3 is 2.38 bits per heavy atom. The monoisotopic (exact) mass is 353 g/mol. The van der Waals surface area contributed by atoms with Crippen LogP contribution >= 0.6 is 0 Å². The summed E-state index contributed by atoms with van der Waals surface area (Å²) < 4.78 is 5.45. The topological polar surface area (TPSA) is 79.5 Å². The van der Waals surface area contributed by atoms with Gasteiger partial charge in [0.2, 0.25) is 5.91 Å². The summed E-state index contributed by atoms with van der Waals surface area (Å²) >= 11 is 0. The van der Waals surface area contributed by atoms with Crippen LogP contribution in [0.2, 0.25) is 0 Å². The molecule has 2 unspecified atom stereocenters. The van der Waals surface area contributed by atoms with Crippen LogP contribution in [0.4, 0.5) is 5.69 Å². The van der Waals surface area contributed by atoms with Crippen LogP contribution in [0.15, 0.2) is 48.5 Å². The van der Waals surface area contributed by atoms with Crippen LogP contribution in [0.25, 0.3) is 0 Å². The molecule has 1 aliphatic rings. The molecule has 2 aromatic rings. The molecule has 1 fully saturated rings. The zero-order valence-corrected chi connectivity index (χ0v) is 14.9. The second kappa shape index (κ2) is 8.12. The molecular formula is C20H23N3O3. The van der Waals surface area contributed by atoms with Crippen molar-refractivity contribution in [2.45, 2.75) is 32.4 Å². The number of amides is 1.